The lowest BCUT2D eigenvalue weighted by Gasteiger charge is -2.20. The summed E-state index contributed by atoms with van der Waals surface area (Å²) in [6, 6.07) is 10.5. The van der Waals surface area contributed by atoms with Crippen LogP contribution in [0, 0.1) is 5.41 Å². The topological polar surface area (TPSA) is 151 Å². The van der Waals surface area contributed by atoms with Crippen LogP contribution in [0.4, 0.5) is 0 Å². The average Bonchev–Trinajstić information content (AvgIpc) is 2.69. The Balaban J connectivity index is 2.24. The van der Waals surface area contributed by atoms with Gasteiger partial charge < -0.3 is 15.5 Å². The van der Waals surface area contributed by atoms with E-state index in [1.807, 2.05) is 0 Å². The number of sulfone groups is 2. The molecular weight excluding hydrogens is 444 g/mol. The molecule has 31 heavy (non-hydrogen) atoms. The first kappa shape index (κ1) is 24.3. The Labute approximate surface area is 181 Å². The number of hydrogen-bond donors (Lipinski definition) is 2. The summed E-state index contributed by atoms with van der Waals surface area (Å²) in [6.07, 6.45) is 1.00. The van der Waals surface area contributed by atoms with Gasteiger partial charge in [-0.3, -0.25) is 10.2 Å². The predicted molar refractivity (Wildman–Crippen MR) is 115 cm³/mol. The number of nitrogens with zero attached hydrogens (tertiary/aromatic N) is 2. The molecule has 0 aliphatic heterocycles. The third-order valence-electron chi connectivity index (χ3n) is 4.10. The minimum atomic E-state index is -3.55. The van der Waals surface area contributed by atoms with Crippen LogP contribution >= 0.6 is 0 Å². The lowest BCUT2D eigenvalue weighted by atomic mass is 10.2. The zero-order chi connectivity index (χ0) is 23.4. The summed E-state index contributed by atoms with van der Waals surface area (Å²) in [7, 11) is -3.51. The van der Waals surface area contributed by atoms with Crippen molar-refractivity contribution in [2.24, 2.45) is 5.73 Å². The zero-order valence-corrected chi connectivity index (χ0v) is 18.9. The summed E-state index contributed by atoms with van der Waals surface area (Å²) in [5, 5.41) is 8.12. The fraction of sp³-hybridized carbons (Fsp3) is 0.263. The molecule has 10 nitrogen and oxygen atoms in total. The van der Waals surface area contributed by atoms with E-state index in [4.69, 9.17) is 16.0 Å². The lowest BCUT2D eigenvalue weighted by molar-refractivity contribution is 0.0152. The molecule has 0 radical (unpaired) electrons. The van der Waals surface area contributed by atoms with E-state index < -0.39 is 31.5 Å². The summed E-state index contributed by atoms with van der Waals surface area (Å²) in [5.74, 6) is -1.60. The largest absolute Gasteiger partial charge is 0.369 e. The monoisotopic (exact) mass is 468 g/mol. The van der Waals surface area contributed by atoms with Crippen molar-refractivity contribution in [2.45, 2.75) is 9.79 Å². The summed E-state index contributed by atoms with van der Waals surface area (Å²) < 4.78 is 48.1. The maximum atomic E-state index is 12.7. The summed E-state index contributed by atoms with van der Waals surface area (Å²) >= 11 is 0. The highest BCUT2D eigenvalue weighted by Gasteiger charge is 2.23. The van der Waals surface area contributed by atoms with Gasteiger partial charge in [0.2, 0.25) is 5.96 Å². The van der Waals surface area contributed by atoms with Gasteiger partial charge in [-0.2, -0.15) is 0 Å². The first-order chi connectivity index (χ1) is 14.3. The summed E-state index contributed by atoms with van der Waals surface area (Å²) in [5.41, 5.74) is 5.40. The SMILES string of the molecule is CN(C)CCS(=O)(=O)c1ccc(ON(C(=N)N)C(=O)c2cccc(S(C)(=O)=O)c2)cc1. The van der Waals surface area contributed by atoms with E-state index in [2.05, 4.69) is 0 Å². The van der Waals surface area contributed by atoms with Crippen LogP contribution in [0.2, 0.25) is 0 Å². The molecule has 2 aromatic carbocycles. The number of carbonyl (C=O) groups is 1. The van der Waals surface area contributed by atoms with Gasteiger partial charge >= 0.3 is 0 Å². The van der Waals surface area contributed by atoms with Gasteiger partial charge in [0.25, 0.3) is 5.91 Å². The van der Waals surface area contributed by atoms with Gasteiger partial charge in [0.15, 0.2) is 25.4 Å². The van der Waals surface area contributed by atoms with Crippen LogP contribution in [0.3, 0.4) is 0 Å². The number of hydroxylamine groups is 2. The quantitative estimate of drug-likeness (QED) is 0.327. The molecule has 2 aromatic rings. The molecule has 0 aromatic heterocycles. The molecule has 0 spiro atoms. The smallest absolute Gasteiger partial charge is 0.294 e. The molecule has 0 atom stereocenters. The van der Waals surface area contributed by atoms with Crippen molar-refractivity contribution in [3.05, 3.63) is 54.1 Å². The Morgan fingerprint density at radius 2 is 1.65 bits per heavy atom. The number of nitrogens with two attached hydrogens (primary N) is 1. The van der Waals surface area contributed by atoms with Gasteiger partial charge in [0.05, 0.1) is 15.5 Å². The van der Waals surface area contributed by atoms with Crippen LogP contribution in [0.5, 0.6) is 5.75 Å². The van der Waals surface area contributed by atoms with Gasteiger partial charge in [-0.05, 0) is 56.6 Å². The maximum Gasteiger partial charge on any atom is 0.294 e. The van der Waals surface area contributed by atoms with Crippen LogP contribution in [-0.2, 0) is 19.7 Å². The van der Waals surface area contributed by atoms with Crippen molar-refractivity contribution in [1.82, 2.24) is 9.96 Å². The van der Waals surface area contributed by atoms with Crippen molar-refractivity contribution in [3.63, 3.8) is 0 Å². The van der Waals surface area contributed by atoms with E-state index in [0.29, 0.717) is 11.6 Å². The van der Waals surface area contributed by atoms with Crippen LogP contribution in [0.15, 0.2) is 58.3 Å². The Kier molecular flexibility index (Phi) is 7.41. The van der Waals surface area contributed by atoms with Gasteiger partial charge in [-0.15, -0.1) is 5.06 Å². The second-order valence-corrected chi connectivity index (χ2v) is 11.1. The second kappa shape index (κ2) is 9.45. The van der Waals surface area contributed by atoms with Crippen LogP contribution in [-0.4, -0.2) is 71.3 Å². The standard InChI is InChI=1S/C19H24N4O6S2/c1-22(2)11-12-31(27,28)16-9-7-15(8-10-16)29-23(19(20)21)18(24)14-5-4-6-17(13-14)30(3,25)26/h4-10,13H,11-12H2,1-3H3,(H3,20,21). The molecule has 0 aliphatic rings. The highest BCUT2D eigenvalue weighted by molar-refractivity contribution is 7.91. The van der Waals surface area contributed by atoms with Crippen LogP contribution in [0.1, 0.15) is 10.4 Å². The third-order valence-corrected chi connectivity index (χ3v) is 6.92. The molecular formula is C19H24N4O6S2. The van der Waals surface area contributed by atoms with Crippen molar-refractivity contribution in [1.29, 1.82) is 5.41 Å². The number of amides is 1. The molecule has 0 unspecified atom stereocenters. The number of rotatable bonds is 8. The van der Waals surface area contributed by atoms with Gasteiger partial charge in [-0.1, -0.05) is 6.07 Å². The van der Waals surface area contributed by atoms with E-state index in [1.165, 1.54) is 42.5 Å². The van der Waals surface area contributed by atoms with Gasteiger partial charge in [0.1, 0.15) is 0 Å². The molecule has 2 rings (SSSR count). The molecule has 0 bridgehead atoms. The predicted octanol–water partition coefficient (Wildman–Crippen LogP) is 0.755. The zero-order valence-electron chi connectivity index (χ0n) is 17.3. The first-order valence-electron chi connectivity index (χ1n) is 8.95. The maximum absolute atomic E-state index is 12.7. The molecule has 0 heterocycles. The number of hydrogen-bond acceptors (Lipinski definition) is 8. The van der Waals surface area contributed by atoms with Crippen molar-refractivity contribution in [2.75, 3.05) is 32.6 Å². The Morgan fingerprint density at radius 1 is 1.03 bits per heavy atom. The molecule has 3 N–H and O–H groups in total. The molecule has 168 valence electrons. The van der Waals surface area contributed by atoms with E-state index in [9.17, 15) is 21.6 Å². The normalized spacial score (nSPS) is 11.9. The van der Waals surface area contributed by atoms with Gasteiger partial charge in [0, 0.05) is 18.4 Å². The van der Waals surface area contributed by atoms with Crippen molar-refractivity contribution < 1.29 is 26.5 Å². The van der Waals surface area contributed by atoms with Crippen LogP contribution in [0.25, 0.3) is 0 Å². The number of benzene rings is 2. The van der Waals surface area contributed by atoms with E-state index >= 15 is 0 Å². The Morgan fingerprint density at radius 3 is 2.16 bits per heavy atom. The number of guanidine groups is 1. The first-order valence-corrected chi connectivity index (χ1v) is 12.5. The molecule has 0 saturated carbocycles. The fourth-order valence-electron chi connectivity index (χ4n) is 2.41. The highest BCUT2D eigenvalue weighted by Crippen LogP contribution is 2.20. The minimum Gasteiger partial charge on any atom is -0.369 e. The molecule has 0 aliphatic carbocycles. The Hall–Kier alpha value is -2.96. The number of nitrogens with one attached hydrogen (secondary N) is 1. The van der Waals surface area contributed by atoms with E-state index in [-0.39, 0.29) is 26.9 Å². The fourth-order valence-corrected chi connectivity index (χ4v) is 4.47. The van der Waals surface area contributed by atoms with Crippen molar-refractivity contribution in [3.8, 4) is 5.75 Å². The Bertz CT molecular complexity index is 1180. The molecule has 0 fully saturated rings. The average molecular weight is 469 g/mol. The second-order valence-electron chi connectivity index (χ2n) is 6.97. The van der Waals surface area contributed by atoms with Crippen LogP contribution < -0.4 is 10.6 Å². The minimum absolute atomic E-state index is 0.0546. The molecule has 0 saturated heterocycles. The summed E-state index contributed by atoms with van der Waals surface area (Å²) in [4.78, 5) is 19.9. The summed E-state index contributed by atoms with van der Waals surface area (Å²) in [6.45, 7) is 0.361. The number of carbonyl (C=O) groups excluding carboxylic acids is 1. The van der Waals surface area contributed by atoms with Crippen molar-refractivity contribution >= 4 is 31.5 Å². The highest BCUT2D eigenvalue weighted by atomic mass is 32.2. The molecule has 12 heteroatoms. The van der Waals surface area contributed by atoms with Gasteiger partial charge in [-0.25, -0.2) is 16.8 Å². The molecule has 1 amide bonds. The van der Waals surface area contributed by atoms with E-state index in [0.717, 1.165) is 12.3 Å². The lowest BCUT2D eigenvalue weighted by Crippen LogP contribution is -2.43. The van der Waals surface area contributed by atoms with E-state index in [1.54, 1.807) is 19.0 Å². The third kappa shape index (κ3) is 6.51.